The third-order valence-electron chi connectivity index (χ3n) is 10.0. The number of amides is 3. The van der Waals surface area contributed by atoms with Gasteiger partial charge in [-0.05, 0) is 12.8 Å². The number of hydrogen-bond donors (Lipinski definition) is 6. The second kappa shape index (κ2) is 39.5. The van der Waals surface area contributed by atoms with E-state index in [0.29, 0.717) is 177 Å². The molecule has 0 unspecified atom stereocenters. The Balaban J connectivity index is 0.940. The lowest BCUT2D eigenvalue weighted by Crippen LogP contribution is -2.58. The zero-order valence-electron chi connectivity index (χ0n) is 40.5. The number of imide groups is 1. The Hall–Kier alpha value is -3.00. The highest BCUT2D eigenvalue weighted by Gasteiger charge is 2.44. The van der Waals surface area contributed by atoms with Crippen LogP contribution in [0.15, 0.2) is 18.3 Å². The van der Waals surface area contributed by atoms with Crippen molar-refractivity contribution in [3.05, 3.63) is 24.0 Å². The van der Waals surface area contributed by atoms with Gasteiger partial charge in [-0.3, -0.25) is 23.8 Å². The maximum Gasteiger partial charge on any atom is 0.325 e. The van der Waals surface area contributed by atoms with Crippen LogP contribution in [0.25, 0.3) is 0 Å². The molecule has 3 heterocycles. The molecule has 410 valence electrons. The summed E-state index contributed by atoms with van der Waals surface area (Å²) in [6.45, 7) is 10.5. The van der Waals surface area contributed by atoms with Gasteiger partial charge in [-0.25, -0.2) is 4.68 Å². The minimum absolute atomic E-state index is 0.0403. The number of aromatic nitrogens is 3. The normalized spacial score (nSPS) is 19.4. The number of hydrogen-bond acceptors (Lipinski definition) is 22. The van der Waals surface area contributed by atoms with E-state index in [-0.39, 0.29) is 31.9 Å². The zero-order chi connectivity index (χ0) is 51.2. The first-order chi connectivity index (χ1) is 34.4. The Labute approximate surface area is 413 Å². The average Bonchev–Trinajstić information content (AvgIpc) is 3.94. The number of nitrogens with one attached hydrogen (secondary N) is 1. The van der Waals surface area contributed by atoms with Gasteiger partial charge in [0, 0.05) is 50.9 Å². The molecule has 1 fully saturated rings. The Morgan fingerprint density at radius 3 is 1.49 bits per heavy atom. The van der Waals surface area contributed by atoms with Crippen LogP contribution in [0.2, 0.25) is 0 Å². The smallest absolute Gasteiger partial charge is 0.325 e. The number of aliphatic hydroxyl groups excluding tert-OH is 3. The fraction of sp³-hybridized carbons (Fsp3) is 0.837. The highest BCUT2D eigenvalue weighted by Crippen LogP contribution is 2.37. The summed E-state index contributed by atoms with van der Waals surface area (Å²) >= 11 is 0. The van der Waals surface area contributed by atoms with Crippen molar-refractivity contribution < 1.29 is 106 Å². The van der Waals surface area contributed by atoms with Crippen molar-refractivity contribution in [3.63, 3.8) is 0 Å². The standard InChI is InChI=1S/C43H76N5O22P/c49-37(4-8-48-38(50)2-3-39(48)51)44-7-1-10-58-13-15-60-17-19-62-21-23-64-25-27-66-29-31-68-32-30-67-28-26-65-24-22-63-20-18-61-16-14-59-12-9-47-34-35(45-46-47)5-11-69-43-42(54)41(53)40(52)36(70-43)6-33-71(55,56)57/h2-3,34,36,40-43,52-54H,1,4-33H2,(H,44,49)(H2,55,56,57)/t36-,40-,41+,42+,43+/m1/s1. The van der Waals surface area contributed by atoms with Gasteiger partial charge in [-0.2, -0.15) is 0 Å². The molecule has 1 saturated heterocycles. The quantitative estimate of drug-likeness (QED) is 0.0218. The van der Waals surface area contributed by atoms with E-state index < -0.39 is 56.3 Å². The molecule has 0 aromatic carbocycles. The summed E-state index contributed by atoms with van der Waals surface area (Å²) in [5.74, 6) is -1.02. The molecule has 27 nitrogen and oxygen atoms in total. The van der Waals surface area contributed by atoms with Crippen molar-refractivity contribution in [1.29, 1.82) is 0 Å². The molecule has 5 atom stereocenters. The largest absolute Gasteiger partial charge is 0.388 e. The summed E-state index contributed by atoms with van der Waals surface area (Å²) in [4.78, 5) is 54.1. The molecule has 6 N–H and O–H groups in total. The molecule has 3 amide bonds. The fourth-order valence-electron chi connectivity index (χ4n) is 6.24. The van der Waals surface area contributed by atoms with Gasteiger partial charge >= 0.3 is 7.60 Å². The molecule has 0 spiro atoms. The maximum atomic E-state index is 11.9. The van der Waals surface area contributed by atoms with Crippen molar-refractivity contribution in [2.45, 2.75) is 62.9 Å². The summed E-state index contributed by atoms with van der Waals surface area (Å²) in [6, 6.07) is 0. The monoisotopic (exact) mass is 1050 g/mol. The van der Waals surface area contributed by atoms with Gasteiger partial charge in [0.2, 0.25) is 5.91 Å². The Bertz CT molecular complexity index is 1610. The number of nitrogens with zero attached hydrogens (tertiary/aromatic N) is 4. The predicted molar refractivity (Wildman–Crippen MR) is 245 cm³/mol. The topological polar surface area (TPSA) is 335 Å². The van der Waals surface area contributed by atoms with Crippen LogP contribution in [-0.2, 0) is 93.5 Å². The highest BCUT2D eigenvalue weighted by atomic mass is 31.2. The number of ether oxygens (including phenoxy) is 13. The fourth-order valence-corrected chi connectivity index (χ4v) is 6.84. The number of carbonyl (C=O) groups is 3. The Morgan fingerprint density at radius 1 is 0.606 bits per heavy atom. The lowest BCUT2D eigenvalue weighted by atomic mass is 9.97. The third-order valence-corrected chi connectivity index (χ3v) is 10.9. The third kappa shape index (κ3) is 30.7. The van der Waals surface area contributed by atoms with Gasteiger partial charge in [0.05, 0.1) is 170 Å². The molecule has 0 bridgehead atoms. The second-order valence-corrected chi connectivity index (χ2v) is 17.4. The van der Waals surface area contributed by atoms with Crippen LogP contribution in [0.1, 0.15) is 25.0 Å². The molecule has 1 aromatic heterocycles. The van der Waals surface area contributed by atoms with Crippen LogP contribution >= 0.6 is 7.60 Å². The summed E-state index contributed by atoms with van der Waals surface area (Å²) in [6.07, 6.45) is -2.78. The van der Waals surface area contributed by atoms with E-state index in [0.717, 1.165) is 4.90 Å². The minimum Gasteiger partial charge on any atom is -0.388 e. The molecule has 0 radical (unpaired) electrons. The van der Waals surface area contributed by atoms with E-state index in [1.165, 1.54) is 12.2 Å². The molecular formula is C43H76N5O22P. The van der Waals surface area contributed by atoms with E-state index in [2.05, 4.69) is 15.6 Å². The summed E-state index contributed by atoms with van der Waals surface area (Å²) in [5, 5.41) is 41.3. The van der Waals surface area contributed by atoms with Crippen LogP contribution in [0.4, 0.5) is 0 Å². The van der Waals surface area contributed by atoms with E-state index >= 15 is 0 Å². The van der Waals surface area contributed by atoms with Gasteiger partial charge in [0.1, 0.15) is 18.3 Å². The van der Waals surface area contributed by atoms with Crippen molar-refractivity contribution in [2.24, 2.45) is 0 Å². The number of carbonyl (C=O) groups excluding carboxylic acids is 3. The van der Waals surface area contributed by atoms with Crippen molar-refractivity contribution >= 4 is 25.3 Å². The molecule has 3 rings (SSSR count). The van der Waals surface area contributed by atoms with Crippen LogP contribution in [0.5, 0.6) is 0 Å². The van der Waals surface area contributed by atoms with Crippen LogP contribution < -0.4 is 5.32 Å². The lowest BCUT2D eigenvalue weighted by molar-refractivity contribution is -0.296. The van der Waals surface area contributed by atoms with Crippen LogP contribution in [0, 0.1) is 0 Å². The van der Waals surface area contributed by atoms with E-state index in [4.69, 9.17) is 71.4 Å². The van der Waals surface area contributed by atoms with Gasteiger partial charge in [0.25, 0.3) is 11.8 Å². The van der Waals surface area contributed by atoms with E-state index in [9.17, 15) is 34.3 Å². The molecular weight excluding hydrogens is 969 g/mol. The predicted octanol–water partition coefficient (Wildman–Crippen LogP) is -2.78. The number of aliphatic hydroxyl groups is 3. The zero-order valence-corrected chi connectivity index (χ0v) is 41.3. The first-order valence-corrected chi connectivity index (χ1v) is 25.6. The van der Waals surface area contributed by atoms with Crippen molar-refractivity contribution in [2.75, 3.05) is 171 Å². The summed E-state index contributed by atoms with van der Waals surface area (Å²) in [5.41, 5.74) is 0.597. The van der Waals surface area contributed by atoms with Gasteiger partial charge in [0.15, 0.2) is 6.29 Å². The number of rotatable bonds is 47. The van der Waals surface area contributed by atoms with E-state index in [1.807, 2.05) is 0 Å². The summed E-state index contributed by atoms with van der Waals surface area (Å²) in [7, 11) is -4.34. The SMILES string of the molecule is O=C(CCN1C(=O)C=CC1=O)NCCCOCCOCCOCCOCCOCCOCCOCCOCCOCCOCCOCCn1cc(CCO[C@H]2O[C@H](CCP(=O)(O)O)[C@@H](O)[C@H](O)[C@@H]2O)nn1. The molecule has 1 aromatic rings. The van der Waals surface area contributed by atoms with Crippen molar-refractivity contribution in [1.82, 2.24) is 25.2 Å². The molecule has 71 heavy (non-hydrogen) atoms. The maximum absolute atomic E-state index is 11.9. The van der Waals surface area contributed by atoms with Crippen LogP contribution in [0.3, 0.4) is 0 Å². The second-order valence-electron chi connectivity index (χ2n) is 15.6. The van der Waals surface area contributed by atoms with Gasteiger partial charge in [-0.15, -0.1) is 5.10 Å². The highest BCUT2D eigenvalue weighted by molar-refractivity contribution is 7.51. The molecule has 0 saturated carbocycles. The minimum atomic E-state index is -4.34. The summed E-state index contributed by atoms with van der Waals surface area (Å²) < 4.78 is 84.3. The molecule has 0 aliphatic carbocycles. The molecule has 28 heteroatoms. The van der Waals surface area contributed by atoms with Crippen LogP contribution in [-0.4, -0.2) is 265 Å². The Morgan fingerprint density at radius 2 is 1.04 bits per heavy atom. The van der Waals surface area contributed by atoms with Crippen molar-refractivity contribution in [3.8, 4) is 0 Å². The molecule has 2 aliphatic rings. The first-order valence-electron chi connectivity index (χ1n) is 23.8. The van der Waals surface area contributed by atoms with Gasteiger partial charge in [-0.1, -0.05) is 5.21 Å². The van der Waals surface area contributed by atoms with Gasteiger partial charge < -0.3 is 92.0 Å². The van der Waals surface area contributed by atoms with E-state index in [1.54, 1.807) is 10.9 Å². The lowest BCUT2D eigenvalue weighted by Gasteiger charge is -2.40. The average molecular weight is 1050 g/mol. The first kappa shape index (κ1) is 62.3. The Kier molecular flexibility index (Phi) is 34.6. The molecule has 2 aliphatic heterocycles.